The van der Waals surface area contributed by atoms with E-state index >= 15 is 0 Å². The van der Waals surface area contributed by atoms with Crippen molar-refractivity contribution in [2.75, 3.05) is 5.32 Å². The minimum absolute atomic E-state index is 0.0620. The van der Waals surface area contributed by atoms with E-state index in [9.17, 15) is 4.79 Å². The fraction of sp³-hybridized carbons (Fsp3) is 0.350. The van der Waals surface area contributed by atoms with Gasteiger partial charge in [-0.15, -0.1) is 0 Å². The standard InChI is InChI=1S/C20H22N4O/c1-5-6-16-21-20-13(4)7-12(3)19(24(20)23-16)15-8-11(2)18-14(9-15)10-17(25)22-18/h7-9H,5-6,10H2,1-4H3,(H,22,25). The summed E-state index contributed by atoms with van der Waals surface area (Å²) in [6, 6.07) is 6.41. The van der Waals surface area contributed by atoms with Crippen molar-refractivity contribution in [2.24, 2.45) is 0 Å². The van der Waals surface area contributed by atoms with Gasteiger partial charge in [0, 0.05) is 17.7 Å². The molecule has 3 heterocycles. The third kappa shape index (κ3) is 2.51. The van der Waals surface area contributed by atoms with Crippen LogP contribution in [0.5, 0.6) is 0 Å². The van der Waals surface area contributed by atoms with Crippen LogP contribution < -0.4 is 5.32 Å². The average Bonchev–Trinajstić information content (AvgIpc) is 3.11. The van der Waals surface area contributed by atoms with E-state index in [1.807, 2.05) is 11.4 Å². The lowest BCUT2D eigenvalue weighted by atomic mass is 9.98. The Labute approximate surface area is 147 Å². The third-order valence-electron chi connectivity index (χ3n) is 4.80. The summed E-state index contributed by atoms with van der Waals surface area (Å²) in [4.78, 5) is 16.5. The van der Waals surface area contributed by atoms with Crippen molar-refractivity contribution in [3.05, 3.63) is 46.3 Å². The largest absolute Gasteiger partial charge is 0.325 e. The molecule has 25 heavy (non-hydrogen) atoms. The summed E-state index contributed by atoms with van der Waals surface area (Å²) in [6.07, 6.45) is 2.34. The van der Waals surface area contributed by atoms with Gasteiger partial charge < -0.3 is 5.32 Å². The average molecular weight is 334 g/mol. The SMILES string of the molecule is CCCc1nc2c(C)cc(C)c(-c3cc(C)c4c(c3)CC(=O)N4)n2n1. The summed E-state index contributed by atoms with van der Waals surface area (Å²) in [5, 5.41) is 7.71. The van der Waals surface area contributed by atoms with Crippen LogP contribution in [0.3, 0.4) is 0 Å². The van der Waals surface area contributed by atoms with Crippen LogP contribution in [0.25, 0.3) is 16.9 Å². The molecule has 1 aliphatic rings. The molecule has 5 heteroatoms. The van der Waals surface area contributed by atoms with E-state index in [0.717, 1.165) is 63.5 Å². The van der Waals surface area contributed by atoms with Crippen molar-refractivity contribution < 1.29 is 4.79 Å². The highest BCUT2D eigenvalue weighted by molar-refractivity contribution is 6.00. The highest BCUT2D eigenvalue weighted by atomic mass is 16.1. The van der Waals surface area contributed by atoms with Crippen LogP contribution in [0.1, 0.15) is 41.4 Å². The molecule has 0 radical (unpaired) electrons. The number of benzene rings is 1. The second-order valence-electron chi connectivity index (χ2n) is 6.92. The summed E-state index contributed by atoms with van der Waals surface area (Å²) < 4.78 is 1.97. The summed E-state index contributed by atoms with van der Waals surface area (Å²) in [5.74, 6) is 0.944. The number of nitrogens with zero attached hydrogens (tertiary/aromatic N) is 3. The van der Waals surface area contributed by atoms with E-state index < -0.39 is 0 Å². The summed E-state index contributed by atoms with van der Waals surface area (Å²) in [7, 11) is 0. The summed E-state index contributed by atoms with van der Waals surface area (Å²) in [5.41, 5.74) is 8.45. The van der Waals surface area contributed by atoms with E-state index in [0.29, 0.717) is 6.42 Å². The maximum atomic E-state index is 11.8. The second kappa shape index (κ2) is 5.69. The molecule has 0 atom stereocenters. The van der Waals surface area contributed by atoms with Crippen LogP contribution in [-0.4, -0.2) is 20.5 Å². The molecule has 0 spiro atoms. The number of rotatable bonds is 3. The van der Waals surface area contributed by atoms with Gasteiger partial charge in [0.1, 0.15) is 0 Å². The Bertz CT molecular complexity index is 1020. The van der Waals surface area contributed by atoms with Gasteiger partial charge in [-0.25, -0.2) is 9.50 Å². The quantitative estimate of drug-likeness (QED) is 0.793. The number of anilines is 1. The highest BCUT2D eigenvalue weighted by Gasteiger charge is 2.22. The third-order valence-corrected chi connectivity index (χ3v) is 4.80. The fourth-order valence-electron chi connectivity index (χ4n) is 3.74. The van der Waals surface area contributed by atoms with Crippen LogP contribution in [0.2, 0.25) is 0 Å². The number of aromatic nitrogens is 3. The van der Waals surface area contributed by atoms with Gasteiger partial charge in [0.05, 0.1) is 12.1 Å². The number of nitrogens with one attached hydrogen (secondary N) is 1. The lowest BCUT2D eigenvalue weighted by Gasteiger charge is -2.13. The van der Waals surface area contributed by atoms with Crippen molar-refractivity contribution in [3.63, 3.8) is 0 Å². The molecule has 0 saturated heterocycles. The lowest BCUT2D eigenvalue weighted by molar-refractivity contribution is -0.115. The molecule has 0 saturated carbocycles. The number of fused-ring (bicyclic) bond motifs is 2. The Hall–Kier alpha value is -2.69. The molecule has 0 fully saturated rings. The fourth-order valence-corrected chi connectivity index (χ4v) is 3.74. The zero-order valence-corrected chi connectivity index (χ0v) is 15.1. The lowest BCUT2D eigenvalue weighted by Crippen LogP contribution is -2.04. The zero-order chi connectivity index (χ0) is 17.7. The van der Waals surface area contributed by atoms with E-state index in [1.165, 1.54) is 0 Å². The van der Waals surface area contributed by atoms with Gasteiger partial charge in [0.25, 0.3) is 0 Å². The maximum absolute atomic E-state index is 11.8. The van der Waals surface area contributed by atoms with Gasteiger partial charge in [-0.1, -0.05) is 13.0 Å². The molecule has 0 aliphatic carbocycles. The first-order valence-corrected chi connectivity index (χ1v) is 8.77. The highest BCUT2D eigenvalue weighted by Crippen LogP contribution is 2.34. The van der Waals surface area contributed by atoms with E-state index in [2.05, 4.69) is 44.3 Å². The molecule has 1 aromatic carbocycles. The van der Waals surface area contributed by atoms with Crippen molar-refractivity contribution in [2.45, 2.75) is 47.0 Å². The van der Waals surface area contributed by atoms with Gasteiger partial charge >= 0.3 is 0 Å². The van der Waals surface area contributed by atoms with Crippen molar-refractivity contribution in [1.82, 2.24) is 14.6 Å². The Morgan fingerprint density at radius 3 is 2.68 bits per heavy atom. The monoisotopic (exact) mass is 334 g/mol. The molecule has 1 aliphatic heterocycles. The zero-order valence-electron chi connectivity index (χ0n) is 15.1. The van der Waals surface area contributed by atoms with Crippen molar-refractivity contribution in [3.8, 4) is 11.3 Å². The number of carbonyl (C=O) groups is 1. The molecule has 1 N–H and O–H groups in total. The smallest absolute Gasteiger partial charge is 0.228 e. The Morgan fingerprint density at radius 2 is 1.92 bits per heavy atom. The first kappa shape index (κ1) is 15.8. The summed E-state index contributed by atoms with van der Waals surface area (Å²) in [6.45, 7) is 8.36. The minimum atomic E-state index is 0.0620. The Kier molecular flexibility index (Phi) is 3.60. The second-order valence-corrected chi connectivity index (χ2v) is 6.92. The predicted octanol–water partition coefficient (Wildman–Crippen LogP) is 3.77. The van der Waals surface area contributed by atoms with Gasteiger partial charge in [0.2, 0.25) is 5.91 Å². The Morgan fingerprint density at radius 1 is 1.12 bits per heavy atom. The van der Waals surface area contributed by atoms with Crippen LogP contribution >= 0.6 is 0 Å². The number of amides is 1. The predicted molar refractivity (Wildman–Crippen MR) is 99.0 cm³/mol. The molecule has 0 bridgehead atoms. The molecule has 3 aromatic rings. The molecule has 128 valence electrons. The number of carbonyl (C=O) groups excluding carboxylic acids is 1. The van der Waals surface area contributed by atoms with Crippen LogP contribution in [0.4, 0.5) is 5.69 Å². The minimum Gasteiger partial charge on any atom is -0.325 e. The molecule has 2 aromatic heterocycles. The van der Waals surface area contributed by atoms with Gasteiger partial charge in [-0.05, 0) is 61.6 Å². The molecule has 5 nitrogen and oxygen atoms in total. The Balaban J connectivity index is 1.97. The van der Waals surface area contributed by atoms with E-state index in [1.54, 1.807) is 0 Å². The van der Waals surface area contributed by atoms with E-state index in [-0.39, 0.29) is 5.91 Å². The molecule has 1 amide bonds. The molecule has 4 rings (SSSR count). The first-order valence-electron chi connectivity index (χ1n) is 8.77. The number of hydrogen-bond acceptors (Lipinski definition) is 3. The van der Waals surface area contributed by atoms with Gasteiger partial charge in [-0.2, -0.15) is 5.10 Å². The van der Waals surface area contributed by atoms with Crippen molar-refractivity contribution >= 4 is 17.2 Å². The molecular formula is C20H22N4O. The molecule has 0 unspecified atom stereocenters. The van der Waals surface area contributed by atoms with Gasteiger partial charge in [0.15, 0.2) is 11.5 Å². The number of pyridine rings is 1. The first-order chi connectivity index (χ1) is 12.0. The topological polar surface area (TPSA) is 59.3 Å². The van der Waals surface area contributed by atoms with E-state index in [4.69, 9.17) is 10.1 Å². The normalized spacial score (nSPS) is 13.4. The van der Waals surface area contributed by atoms with Crippen LogP contribution in [-0.2, 0) is 17.6 Å². The number of hydrogen-bond donors (Lipinski definition) is 1. The molecular weight excluding hydrogens is 312 g/mol. The van der Waals surface area contributed by atoms with Gasteiger partial charge in [-0.3, -0.25) is 4.79 Å². The van der Waals surface area contributed by atoms with Crippen molar-refractivity contribution in [1.29, 1.82) is 0 Å². The number of aryl methyl sites for hydroxylation is 4. The van der Waals surface area contributed by atoms with Crippen LogP contribution in [0.15, 0.2) is 18.2 Å². The summed E-state index contributed by atoms with van der Waals surface area (Å²) >= 11 is 0. The van der Waals surface area contributed by atoms with Crippen LogP contribution in [0, 0.1) is 20.8 Å². The maximum Gasteiger partial charge on any atom is 0.228 e.